The minimum absolute atomic E-state index is 0.155. The molecule has 0 unspecified atom stereocenters. The van der Waals surface area contributed by atoms with Crippen LogP contribution in [0.3, 0.4) is 0 Å². The molecule has 0 bridgehead atoms. The van der Waals surface area contributed by atoms with Gasteiger partial charge < -0.3 is 15.3 Å². The maximum absolute atomic E-state index is 12.0. The van der Waals surface area contributed by atoms with Crippen LogP contribution >= 0.6 is 0 Å². The maximum Gasteiger partial charge on any atom is 0.406 e. The van der Waals surface area contributed by atoms with Gasteiger partial charge in [-0.1, -0.05) is 0 Å². The van der Waals surface area contributed by atoms with Crippen molar-refractivity contribution in [3.63, 3.8) is 0 Å². The van der Waals surface area contributed by atoms with Crippen LogP contribution in [0.25, 0.3) is 0 Å². The summed E-state index contributed by atoms with van der Waals surface area (Å²) in [6, 6.07) is -2.27. The third-order valence-electron chi connectivity index (χ3n) is 1.75. The summed E-state index contributed by atoms with van der Waals surface area (Å²) in [7, 11) is 0. The predicted octanol–water partition coefficient (Wildman–Crippen LogP) is 1.05. The molecule has 0 aromatic rings. The molecule has 0 saturated carbocycles. The minimum atomic E-state index is -4.50. The van der Waals surface area contributed by atoms with Crippen molar-refractivity contribution in [3.8, 4) is 0 Å². The summed E-state index contributed by atoms with van der Waals surface area (Å²) in [5, 5.41) is 10.4. The van der Waals surface area contributed by atoms with Gasteiger partial charge in [-0.25, -0.2) is 4.79 Å². The molecule has 0 aromatic heterocycles. The first kappa shape index (κ1) is 14.5. The highest BCUT2D eigenvalue weighted by molar-refractivity contribution is 5.82. The predicted molar refractivity (Wildman–Crippen MR) is 48.9 cm³/mol. The molecule has 1 atom stereocenters. The number of amides is 2. The van der Waals surface area contributed by atoms with Gasteiger partial charge in [-0.15, -0.1) is 0 Å². The lowest BCUT2D eigenvalue weighted by Crippen LogP contribution is -2.49. The molecule has 8 heteroatoms. The standard InChI is InChI=1S/C8H13F3N2O3/c1-3-13(4-8(9,10)11)7(16)12-5(2)6(14)15/h5H,3-4H2,1-2H3,(H,12,16)(H,14,15)/t5-/m0/s1. The molecule has 0 aliphatic heterocycles. The number of nitrogens with one attached hydrogen (secondary N) is 1. The van der Waals surface area contributed by atoms with Gasteiger partial charge in [0.15, 0.2) is 0 Å². The molecule has 0 aromatic carbocycles. The van der Waals surface area contributed by atoms with E-state index < -0.39 is 30.8 Å². The SMILES string of the molecule is CCN(CC(F)(F)F)C(=O)N[C@@H](C)C(=O)O. The van der Waals surface area contributed by atoms with Crippen LogP contribution in [0.5, 0.6) is 0 Å². The number of aliphatic carboxylic acids is 1. The van der Waals surface area contributed by atoms with Crippen LogP contribution < -0.4 is 5.32 Å². The number of alkyl halides is 3. The largest absolute Gasteiger partial charge is 0.480 e. The molecule has 0 rings (SSSR count). The smallest absolute Gasteiger partial charge is 0.406 e. The van der Waals surface area contributed by atoms with Crippen LogP contribution in [0.4, 0.5) is 18.0 Å². The van der Waals surface area contributed by atoms with E-state index in [1.165, 1.54) is 13.8 Å². The van der Waals surface area contributed by atoms with Gasteiger partial charge >= 0.3 is 18.2 Å². The van der Waals surface area contributed by atoms with Gasteiger partial charge in [0.1, 0.15) is 12.6 Å². The Hall–Kier alpha value is -1.47. The number of carbonyl (C=O) groups excluding carboxylic acids is 1. The van der Waals surface area contributed by atoms with Crippen molar-refractivity contribution in [2.75, 3.05) is 13.1 Å². The Balaban J connectivity index is 4.38. The monoisotopic (exact) mass is 242 g/mol. The summed E-state index contributed by atoms with van der Waals surface area (Å²) in [5.74, 6) is -1.31. The summed E-state index contributed by atoms with van der Waals surface area (Å²) >= 11 is 0. The third-order valence-corrected chi connectivity index (χ3v) is 1.75. The number of hydrogen-bond donors (Lipinski definition) is 2. The fraction of sp³-hybridized carbons (Fsp3) is 0.750. The normalized spacial score (nSPS) is 13.1. The minimum Gasteiger partial charge on any atom is -0.480 e. The number of carboxylic acids is 1. The molecule has 0 heterocycles. The zero-order valence-corrected chi connectivity index (χ0v) is 8.84. The summed E-state index contributed by atoms with van der Waals surface area (Å²) in [6.07, 6.45) is -4.50. The molecule has 16 heavy (non-hydrogen) atoms. The fourth-order valence-electron chi connectivity index (χ4n) is 0.882. The van der Waals surface area contributed by atoms with Crippen molar-refractivity contribution in [1.29, 1.82) is 0 Å². The van der Waals surface area contributed by atoms with Gasteiger partial charge in [0.25, 0.3) is 0 Å². The number of halogens is 3. The molecule has 0 fully saturated rings. The Morgan fingerprint density at radius 3 is 2.25 bits per heavy atom. The van der Waals surface area contributed by atoms with Crippen LogP contribution in [0.15, 0.2) is 0 Å². The van der Waals surface area contributed by atoms with Crippen LogP contribution in [0.1, 0.15) is 13.8 Å². The van der Waals surface area contributed by atoms with E-state index >= 15 is 0 Å². The highest BCUT2D eigenvalue weighted by Gasteiger charge is 2.32. The van der Waals surface area contributed by atoms with Crippen LogP contribution in [-0.4, -0.2) is 47.3 Å². The van der Waals surface area contributed by atoms with Gasteiger partial charge in [-0.05, 0) is 13.8 Å². The molecule has 0 spiro atoms. The molecule has 0 saturated heterocycles. The number of urea groups is 1. The van der Waals surface area contributed by atoms with Gasteiger partial charge in [0.2, 0.25) is 0 Å². The Morgan fingerprint density at radius 1 is 1.44 bits per heavy atom. The number of carbonyl (C=O) groups is 2. The summed E-state index contributed by atoms with van der Waals surface area (Å²) in [4.78, 5) is 22.1. The van der Waals surface area contributed by atoms with E-state index in [1.807, 2.05) is 5.32 Å². The third kappa shape index (κ3) is 5.42. The molecular formula is C8H13F3N2O3. The highest BCUT2D eigenvalue weighted by Crippen LogP contribution is 2.16. The number of carboxylic acid groups (broad SMARTS) is 1. The summed E-state index contributed by atoms with van der Waals surface area (Å²) in [6.45, 7) is 0.984. The number of rotatable bonds is 4. The molecule has 0 aliphatic rings. The van der Waals surface area contributed by atoms with E-state index in [0.717, 1.165) is 0 Å². The molecule has 94 valence electrons. The number of nitrogens with zero attached hydrogens (tertiary/aromatic N) is 1. The summed E-state index contributed by atoms with van der Waals surface area (Å²) < 4.78 is 36.0. The Bertz CT molecular complexity index is 268. The molecule has 2 N–H and O–H groups in total. The lowest BCUT2D eigenvalue weighted by atomic mass is 10.3. The van der Waals surface area contributed by atoms with E-state index in [2.05, 4.69) is 0 Å². The zero-order chi connectivity index (χ0) is 12.9. The quantitative estimate of drug-likeness (QED) is 0.774. The van der Waals surface area contributed by atoms with Crippen molar-refractivity contribution >= 4 is 12.0 Å². The fourth-order valence-corrected chi connectivity index (χ4v) is 0.882. The van der Waals surface area contributed by atoms with Gasteiger partial charge in [0.05, 0.1) is 0 Å². The van der Waals surface area contributed by atoms with E-state index in [4.69, 9.17) is 5.11 Å². The maximum atomic E-state index is 12.0. The molecule has 2 amide bonds. The molecule has 0 aliphatic carbocycles. The second kappa shape index (κ2) is 5.57. The first-order valence-corrected chi connectivity index (χ1v) is 4.52. The molecule has 5 nitrogen and oxygen atoms in total. The Morgan fingerprint density at radius 2 is 1.94 bits per heavy atom. The van der Waals surface area contributed by atoms with Crippen LogP contribution in [0, 0.1) is 0 Å². The average Bonchev–Trinajstić information content (AvgIpc) is 2.12. The lowest BCUT2D eigenvalue weighted by molar-refractivity contribution is -0.140. The second-order valence-electron chi connectivity index (χ2n) is 3.14. The summed E-state index contributed by atoms with van der Waals surface area (Å²) in [5.41, 5.74) is 0. The van der Waals surface area contributed by atoms with Crippen molar-refractivity contribution < 1.29 is 27.9 Å². The van der Waals surface area contributed by atoms with Gasteiger partial charge in [-0.3, -0.25) is 4.79 Å². The van der Waals surface area contributed by atoms with E-state index in [-0.39, 0.29) is 6.54 Å². The first-order chi connectivity index (χ1) is 7.17. The number of hydrogen-bond acceptors (Lipinski definition) is 2. The molecular weight excluding hydrogens is 229 g/mol. The van der Waals surface area contributed by atoms with Crippen LogP contribution in [0.2, 0.25) is 0 Å². The van der Waals surface area contributed by atoms with Crippen molar-refractivity contribution in [1.82, 2.24) is 10.2 Å². The topological polar surface area (TPSA) is 69.6 Å². The Kier molecular flexibility index (Phi) is 5.06. The second-order valence-corrected chi connectivity index (χ2v) is 3.14. The zero-order valence-electron chi connectivity index (χ0n) is 8.84. The van der Waals surface area contributed by atoms with Crippen molar-refractivity contribution in [2.45, 2.75) is 26.1 Å². The first-order valence-electron chi connectivity index (χ1n) is 4.52. The average molecular weight is 242 g/mol. The van der Waals surface area contributed by atoms with E-state index in [1.54, 1.807) is 0 Å². The van der Waals surface area contributed by atoms with Crippen molar-refractivity contribution in [2.24, 2.45) is 0 Å². The van der Waals surface area contributed by atoms with E-state index in [9.17, 15) is 22.8 Å². The highest BCUT2D eigenvalue weighted by atomic mass is 19.4. The van der Waals surface area contributed by atoms with Gasteiger partial charge in [0, 0.05) is 6.54 Å². The van der Waals surface area contributed by atoms with Crippen molar-refractivity contribution in [3.05, 3.63) is 0 Å². The van der Waals surface area contributed by atoms with E-state index in [0.29, 0.717) is 4.90 Å². The lowest BCUT2D eigenvalue weighted by Gasteiger charge is -2.23. The molecule has 0 radical (unpaired) electrons. The Labute approximate surface area is 90.2 Å². The van der Waals surface area contributed by atoms with Gasteiger partial charge in [-0.2, -0.15) is 13.2 Å². The van der Waals surface area contributed by atoms with Crippen LogP contribution in [-0.2, 0) is 4.79 Å².